The van der Waals surface area contributed by atoms with Gasteiger partial charge >= 0.3 is 0 Å². The lowest BCUT2D eigenvalue weighted by Crippen LogP contribution is -2.22. The monoisotopic (exact) mass is 330 g/mol. The van der Waals surface area contributed by atoms with Gasteiger partial charge in [-0.15, -0.1) is 11.3 Å². The minimum absolute atomic E-state index is 0.337. The van der Waals surface area contributed by atoms with Gasteiger partial charge in [0, 0.05) is 24.0 Å². The molecule has 2 heterocycles. The summed E-state index contributed by atoms with van der Waals surface area (Å²) in [5, 5.41) is 7.15. The van der Waals surface area contributed by atoms with Crippen molar-refractivity contribution < 1.29 is 8.42 Å². The highest BCUT2D eigenvalue weighted by Crippen LogP contribution is 2.21. The summed E-state index contributed by atoms with van der Waals surface area (Å²) in [5.41, 5.74) is 0.983. The van der Waals surface area contributed by atoms with Crippen molar-refractivity contribution in [2.24, 2.45) is 0 Å². The summed E-state index contributed by atoms with van der Waals surface area (Å²) in [4.78, 5) is 1.02. The largest absolute Gasteiger partial charge is 0.310 e. The second-order valence-electron chi connectivity index (χ2n) is 4.71. The first-order valence-electron chi connectivity index (χ1n) is 6.30. The molecule has 2 aromatic heterocycles. The molecule has 0 aliphatic carbocycles. The van der Waals surface area contributed by atoms with Gasteiger partial charge in [0.2, 0.25) is 10.0 Å². The van der Waals surface area contributed by atoms with Gasteiger partial charge in [-0.2, -0.15) is 11.3 Å². The van der Waals surface area contributed by atoms with E-state index in [1.807, 2.05) is 22.9 Å². The van der Waals surface area contributed by atoms with Gasteiger partial charge in [0.05, 0.1) is 0 Å². The fourth-order valence-corrected chi connectivity index (χ4v) is 4.58. The van der Waals surface area contributed by atoms with Crippen LogP contribution in [0.25, 0.3) is 0 Å². The van der Waals surface area contributed by atoms with E-state index < -0.39 is 10.0 Å². The lowest BCUT2D eigenvalue weighted by molar-refractivity contribution is 0.583. The van der Waals surface area contributed by atoms with E-state index in [1.165, 1.54) is 11.3 Å². The van der Waals surface area contributed by atoms with Crippen LogP contribution in [0.4, 0.5) is 0 Å². The van der Waals surface area contributed by atoms with Crippen molar-refractivity contribution in [2.75, 3.05) is 0 Å². The molecule has 0 aliphatic heterocycles. The summed E-state index contributed by atoms with van der Waals surface area (Å²) in [7, 11) is -3.41. The number of nitrogens with one attached hydrogen (secondary N) is 2. The molecule has 0 saturated carbocycles. The molecule has 110 valence electrons. The Balaban J connectivity index is 1.98. The van der Waals surface area contributed by atoms with Crippen LogP contribution in [-0.4, -0.2) is 14.5 Å². The van der Waals surface area contributed by atoms with Crippen molar-refractivity contribution in [3.05, 3.63) is 39.4 Å². The van der Waals surface area contributed by atoms with E-state index in [4.69, 9.17) is 0 Å². The lowest BCUT2D eigenvalue weighted by Gasteiger charge is -2.05. The van der Waals surface area contributed by atoms with Crippen LogP contribution in [0.5, 0.6) is 0 Å². The predicted molar refractivity (Wildman–Crippen MR) is 84.6 cm³/mol. The Morgan fingerprint density at radius 1 is 1.20 bits per heavy atom. The highest BCUT2D eigenvalue weighted by Gasteiger charge is 2.16. The fourth-order valence-electron chi connectivity index (χ4n) is 1.55. The van der Waals surface area contributed by atoms with Gasteiger partial charge in [-0.05, 0) is 34.5 Å². The third-order valence-corrected chi connectivity index (χ3v) is 6.34. The Morgan fingerprint density at radius 3 is 2.65 bits per heavy atom. The molecule has 0 saturated heterocycles. The van der Waals surface area contributed by atoms with Crippen LogP contribution in [-0.2, 0) is 23.1 Å². The van der Waals surface area contributed by atoms with Crippen LogP contribution in [0.3, 0.4) is 0 Å². The molecular formula is C13H18N2O2S3. The van der Waals surface area contributed by atoms with Crippen LogP contribution < -0.4 is 10.0 Å². The second kappa shape index (κ2) is 6.82. The van der Waals surface area contributed by atoms with Crippen molar-refractivity contribution in [3.8, 4) is 0 Å². The maximum absolute atomic E-state index is 12.2. The molecule has 0 atom stereocenters. The predicted octanol–water partition coefficient (Wildman–Crippen LogP) is 2.79. The normalized spacial score (nSPS) is 12.2. The fraction of sp³-hybridized carbons (Fsp3) is 0.385. The molecule has 0 fully saturated rings. The standard InChI is InChI=1S/C13H18N2O2S3/c1-10(2)14-8-12-3-4-13(19-12)20(16,17)15-7-11-5-6-18-9-11/h3-6,9-10,14-15H,7-8H2,1-2H3. The number of thiophene rings is 2. The lowest BCUT2D eigenvalue weighted by atomic mass is 10.4. The molecule has 0 unspecified atom stereocenters. The molecule has 2 N–H and O–H groups in total. The van der Waals surface area contributed by atoms with E-state index >= 15 is 0 Å². The average Bonchev–Trinajstić information content (AvgIpc) is 3.05. The Bertz CT molecular complexity index is 630. The molecule has 7 heteroatoms. The highest BCUT2D eigenvalue weighted by molar-refractivity contribution is 7.91. The zero-order valence-electron chi connectivity index (χ0n) is 11.4. The summed E-state index contributed by atoms with van der Waals surface area (Å²) >= 11 is 2.87. The van der Waals surface area contributed by atoms with E-state index in [1.54, 1.807) is 17.4 Å². The Morgan fingerprint density at radius 2 is 2.00 bits per heavy atom. The van der Waals surface area contributed by atoms with E-state index in [-0.39, 0.29) is 0 Å². The van der Waals surface area contributed by atoms with E-state index in [9.17, 15) is 8.42 Å². The summed E-state index contributed by atoms with van der Waals surface area (Å²) in [6.45, 7) is 5.16. The smallest absolute Gasteiger partial charge is 0.250 e. The van der Waals surface area contributed by atoms with Gasteiger partial charge in [-0.3, -0.25) is 0 Å². The Hall–Kier alpha value is -0.730. The molecule has 20 heavy (non-hydrogen) atoms. The summed E-state index contributed by atoms with van der Waals surface area (Å²) in [5.74, 6) is 0. The third kappa shape index (κ3) is 4.39. The molecule has 4 nitrogen and oxygen atoms in total. The van der Waals surface area contributed by atoms with Crippen LogP contribution in [0.1, 0.15) is 24.3 Å². The molecule has 0 aliphatic rings. The SMILES string of the molecule is CC(C)NCc1ccc(S(=O)(=O)NCc2ccsc2)s1. The van der Waals surface area contributed by atoms with Gasteiger partial charge in [0.15, 0.2) is 0 Å². The number of sulfonamides is 1. The van der Waals surface area contributed by atoms with Gasteiger partial charge in [0.1, 0.15) is 4.21 Å². The number of rotatable bonds is 7. The molecule has 0 aromatic carbocycles. The van der Waals surface area contributed by atoms with Crippen molar-refractivity contribution in [3.63, 3.8) is 0 Å². The van der Waals surface area contributed by atoms with Gasteiger partial charge in [-0.1, -0.05) is 13.8 Å². The van der Waals surface area contributed by atoms with Crippen LogP contribution >= 0.6 is 22.7 Å². The van der Waals surface area contributed by atoms with Crippen molar-refractivity contribution in [1.29, 1.82) is 0 Å². The molecular weight excluding hydrogens is 312 g/mol. The molecule has 0 bridgehead atoms. The first-order valence-corrected chi connectivity index (χ1v) is 9.54. The molecule has 2 aromatic rings. The van der Waals surface area contributed by atoms with E-state index in [0.29, 0.717) is 23.3 Å². The van der Waals surface area contributed by atoms with E-state index in [2.05, 4.69) is 23.9 Å². The van der Waals surface area contributed by atoms with E-state index in [0.717, 1.165) is 10.4 Å². The zero-order valence-corrected chi connectivity index (χ0v) is 13.9. The van der Waals surface area contributed by atoms with Crippen molar-refractivity contribution in [1.82, 2.24) is 10.0 Å². The molecule has 0 spiro atoms. The molecule has 2 rings (SSSR count). The summed E-state index contributed by atoms with van der Waals surface area (Å²) < 4.78 is 27.3. The maximum atomic E-state index is 12.2. The maximum Gasteiger partial charge on any atom is 0.250 e. The van der Waals surface area contributed by atoms with Crippen molar-refractivity contribution in [2.45, 2.75) is 37.2 Å². The second-order valence-corrected chi connectivity index (χ2v) is 8.65. The molecule has 0 amide bonds. The minimum Gasteiger partial charge on any atom is -0.310 e. The minimum atomic E-state index is -3.41. The first-order chi connectivity index (χ1) is 9.47. The molecule has 0 radical (unpaired) electrons. The van der Waals surface area contributed by atoms with Gasteiger partial charge in [0.25, 0.3) is 0 Å². The Kier molecular flexibility index (Phi) is 5.34. The first kappa shape index (κ1) is 15.7. The number of hydrogen-bond donors (Lipinski definition) is 2. The van der Waals surface area contributed by atoms with Gasteiger partial charge < -0.3 is 5.32 Å². The topological polar surface area (TPSA) is 58.2 Å². The Labute approximate surface area is 127 Å². The van der Waals surface area contributed by atoms with Gasteiger partial charge in [-0.25, -0.2) is 13.1 Å². The van der Waals surface area contributed by atoms with Crippen molar-refractivity contribution >= 4 is 32.7 Å². The van der Waals surface area contributed by atoms with Crippen LogP contribution in [0, 0.1) is 0 Å². The zero-order chi connectivity index (χ0) is 14.6. The number of hydrogen-bond acceptors (Lipinski definition) is 5. The summed E-state index contributed by atoms with van der Waals surface area (Å²) in [6.07, 6.45) is 0. The van der Waals surface area contributed by atoms with Crippen LogP contribution in [0.15, 0.2) is 33.2 Å². The highest BCUT2D eigenvalue weighted by atomic mass is 32.2. The summed E-state index contributed by atoms with van der Waals surface area (Å²) in [6, 6.07) is 5.82. The van der Waals surface area contributed by atoms with Crippen LogP contribution in [0.2, 0.25) is 0 Å². The third-order valence-electron chi connectivity index (χ3n) is 2.63. The average molecular weight is 330 g/mol. The quantitative estimate of drug-likeness (QED) is 0.821.